The molecule has 1 N–H and O–H groups in total. The highest BCUT2D eigenvalue weighted by Gasteiger charge is 2.17. The van der Waals surface area contributed by atoms with Gasteiger partial charge in [0.2, 0.25) is 0 Å². The van der Waals surface area contributed by atoms with Gasteiger partial charge in [-0.15, -0.1) is 0 Å². The topological polar surface area (TPSA) is 21.3 Å². The Morgan fingerprint density at radius 1 is 1.05 bits per heavy atom. The Kier molecular flexibility index (Phi) is 4.47. The summed E-state index contributed by atoms with van der Waals surface area (Å²) in [6.45, 7) is 0.223. The average Bonchev–Trinajstić information content (AvgIpc) is 2.45. The van der Waals surface area contributed by atoms with Crippen molar-refractivity contribution in [1.82, 2.24) is 5.32 Å². The molecule has 0 saturated carbocycles. The number of para-hydroxylation sites is 1. The first-order valence-corrected chi connectivity index (χ1v) is 6.01. The summed E-state index contributed by atoms with van der Waals surface area (Å²) in [5.74, 6) is -0.990. The minimum absolute atomic E-state index is 0.223. The van der Waals surface area contributed by atoms with Crippen LogP contribution in [0, 0.1) is 11.6 Å². The first kappa shape index (κ1) is 13.5. The molecule has 0 aliphatic carbocycles. The Morgan fingerprint density at radius 3 is 2.47 bits per heavy atom. The standard InChI is InChI=1S/C15H15F2NO/c1-18-14(10-19-11-6-3-2-4-7-11)12-8-5-9-13(16)15(12)17/h2-9,14,18H,10H2,1H3. The van der Waals surface area contributed by atoms with Crippen LogP contribution in [0.2, 0.25) is 0 Å². The summed E-state index contributed by atoms with van der Waals surface area (Å²) in [4.78, 5) is 0. The van der Waals surface area contributed by atoms with Crippen molar-refractivity contribution < 1.29 is 13.5 Å². The van der Waals surface area contributed by atoms with E-state index in [1.165, 1.54) is 6.07 Å². The molecular weight excluding hydrogens is 248 g/mol. The van der Waals surface area contributed by atoms with Gasteiger partial charge in [-0.1, -0.05) is 30.3 Å². The molecule has 1 unspecified atom stereocenters. The normalized spacial score (nSPS) is 12.2. The molecule has 0 radical (unpaired) electrons. The molecule has 0 aliphatic rings. The summed E-state index contributed by atoms with van der Waals surface area (Å²) in [5, 5.41) is 2.92. The third-order valence-corrected chi connectivity index (χ3v) is 2.87. The van der Waals surface area contributed by atoms with Gasteiger partial charge in [0.15, 0.2) is 11.6 Å². The lowest BCUT2D eigenvalue weighted by molar-refractivity contribution is 0.268. The van der Waals surface area contributed by atoms with Crippen molar-refractivity contribution in [1.29, 1.82) is 0 Å². The van der Waals surface area contributed by atoms with Gasteiger partial charge in [0.1, 0.15) is 12.4 Å². The van der Waals surface area contributed by atoms with Gasteiger partial charge in [0.25, 0.3) is 0 Å². The molecule has 1 atom stereocenters. The lowest BCUT2D eigenvalue weighted by Crippen LogP contribution is -2.24. The van der Waals surface area contributed by atoms with Crippen LogP contribution < -0.4 is 10.1 Å². The van der Waals surface area contributed by atoms with E-state index < -0.39 is 17.7 Å². The monoisotopic (exact) mass is 263 g/mol. The molecule has 2 aromatic carbocycles. The van der Waals surface area contributed by atoms with Gasteiger partial charge in [0, 0.05) is 5.56 Å². The van der Waals surface area contributed by atoms with E-state index in [0.717, 1.165) is 6.07 Å². The summed E-state index contributed by atoms with van der Waals surface area (Å²) in [5.41, 5.74) is 0.262. The minimum Gasteiger partial charge on any atom is -0.492 e. The summed E-state index contributed by atoms with van der Waals surface area (Å²) in [7, 11) is 1.68. The summed E-state index contributed by atoms with van der Waals surface area (Å²) < 4.78 is 32.4. The van der Waals surface area contributed by atoms with E-state index >= 15 is 0 Å². The molecule has 0 saturated heterocycles. The van der Waals surface area contributed by atoms with Crippen LogP contribution in [-0.4, -0.2) is 13.7 Å². The van der Waals surface area contributed by atoms with E-state index in [9.17, 15) is 8.78 Å². The molecule has 4 heteroatoms. The fourth-order valence-corrected chi connectivity index (χ4v) is 1.81. The summed E-state index contributed by atoms with van der Waals surface area (Å²) in [6, 6.07) is 12.9. The Bertz CT molecular complexity index is 531. The largest absolute Gasteiger partial charge is 0.492 e. The van der Waals surface area contributed by atoms with Crippen LogP contribution in [0.15, 0.2) is 48.5 Å². The fourth-order valence-electron chi connectivity index (χ4n) is 1.81. The van der Waals surface area contributed by atoms with E-state index in [2.05, 4.69) is 5.32 Å². The van der Waals surface area contributed by atoms with Crippen LogP contribution in [0.4, 0.5) is 8.78 Å². The van der Waals surface area contributed by atoms with E-state index in [4.69, 9.17) is 4.74 Å². The Balaban J connectivity index is 2.10. The molecule has 0 fully saturated rings. The molecular formula is C15H15F2NO. The van der Waals surface area contributed by atoms with Crippen LogP contribution in [-0.2, 0) is 0 Å². The van der Waals surface area contributed by atoms with Crippen molar-refractivity contribution >= 4 is 0 Å². The quantitative estimate of drug-likeness (QED) is 0.893. The smallest absolute Gasteiger partial charge is 0.163 e. The molecule has 0 aromatic heterocycles. The molecule has 0 bridgehead atoms. The van der Waals surface area contributed by atoms with Gasteiger partial charge in [0.05, 0.1) is 6.04 Å². The van der Waals surface area contributed by atoms with Crippen LogP contribution in [0.25, 0.3) is 0 Å². The van der Waals surface area contributed by atoms with E-state index in [0.29, 0.717) is 5.75 Å². The lowest BCUT2D eigenvalue weighted by Gasteiger charge is -2.18. The molecule has 0 aliphatic heterocycles. The van der Waals surface area contributed by atoms with Crippen molar-refractivity contribution in [2.75, 3.05) is 13.7 Å². The van der Waals surface area contributed by atoms with Gasteiger partial charge >= 0.3 is 0 Å². The highest BCUT2D eigenvalue weighted by Crippen LogP contribution is 2.20. The number of nitrogens with one attached hydrogen (secondary N) is 1. The average molecular weight is 263 g/mol. The first-order chi connectivity index (χ1) is 9.22. The zero-order chi connectivity index (χ0) is 13.7. The Morgan fingerprint density at radius 2 is 1.79 bits per heavy atom. The predicted octanol–water partition coefficient (Wildman–Crippen LogP) is 3.30. The maximum Gasteiger partial charge on any atom is 0.163 e. The number of benzene rings is 2. The minimum atomic E-state index is -0.850. The van der Waals surface area contributed by atoms with Gasteiger partial charge in [-0.3, -0.25) is 0 Å². The maximum absolute atomic E-state index is 13.7. The molecule has 0 heterocycles. The third-order valence-electron chi connectivity index (χ3n) is 2.87. The second-order valence-electron chi connectivity index (χ2n) is 4.11. The van der Waals surface area contributed by atoms with Crippen molar-refractivity contribution in [2.45, 2.75) is 6.04 Å². The number of hydrogen-bond acceptors (Lipinski definition) is 2. The molecule has 2 rings (SSSR count). The molecule has 0 amide bonds. The predicted molar refractivity (Wildman–Crippen MR) is 70.1 cm³/mol. The van der Waals surface area contributed by atoms with E-state index in [1.807, 2.05) is 30.3 Å². The van der Waals surface area contributed by atoms with Gasteiger partial charge in [-0.2, -0.15) is 0 Å². The number of rotatable bonds is 5. The van der Waals surface area contributed by atoms with Gasteiger partial charge in [-0.25, -0.2) is 8.78 Å². The highest BCUT2D eigenvalue weighted by molar-refractivity contribution is 5.24. The number of hydrogen-bond donors (Lipinski definition) is 1. The number of halogens is 2. The number of ether oxygens (including phenoxy) is 1. The zero-order valence-corrected chi connectivity index (χ0v) is 10.6. The third kappa shape index (κ3) is 3.29. The fraction of sp³-hybridized carbons (Fsp3) is 0.200. The molecule has 2 nitrogen and oxygen atoms in total. The van der Waals surface area contributed by atoms with Crippen LogP contribution in [0.5, 0.6) is 5.75 Å². The van der Waals surface area contributed by atoms with Crippen molar-refractivity contribution in [3.8, 4) is 5.75 Å². The second kappa shape index (κ2) is 6.29. The van der Waals surface area contributed by atoms with Gasteiger partial charge in [-0.05, 0) is 25.2 Å². The van der Waals surface area contributed by atoms with Crippen molar-refractivity contribution in [2.24, 2.45) is 0 Å². The Labute approximate surface area is 111 Å². The summed E-state index contributed by atoms with van der Waals surface area (Å²) in [6.07, 6.45) is 0. The Hall–Kier alpha value is -1.94. The molecule has 2 aromatic rings. The second-order valence-corrected chi connectivity index (χ2v) is 4.11. The maximum atomic E-state index is 13.7. The van der Waals surface area contributed by atoms with Gasteiger partial charge < -0.3 is 10.1 Å². The SMILES string of the molecule is CNC(COc1ccccc1)c1cccc(F)c1F. The van der Waals surface area contributed by atoms with E-state index in [-0.39, 0.29) is 12.2 Å². The highest BCUT2D eigenvalue weighted by atomic mass is 19.2. The first-order valence-electron chi connectivity index (χ1n) is 6.01. The van der Waals surface area contributed by atoms with Crippen LogP contribution in [0.3, 0.4) is 0 Å². The lowest BCUT2D eigenvalue weighted by atomic mass is 10.1. The molecule has 19 heavy (non-hydrogen) atoms. The number of likely N-dealkylation sites (N-methyl/N-ethyl adjacent to an activating group) is 1. The van der Waals surface area contributed by atoms with Crippen molar-refractivity contribution in [3.05, 3.63) is 65.7 Å². The van der Waals surface area contributed by atoms with Crippen LogP contribution in [0.1, 0.15) is 11.6 Å². The van der Waals surface area contributed by atoms with Crippen LogP contribution >= 0.6 is 0 Å². The zero-order valence-electron chi connectivity index (χ0n) is 10.6. The summed E-state index contributed by atoms with van der Waals surface area (Å²) >= 11 is 0. The van der Waals surface area contributed by atoms with Crippen molar-refractivity contribution in [3.63, 3.8) is 0 Å². The van der Waals surface area contributed by atoms with E-state index in [1.54, 1.807) is 13.1 Å². The molecule has 0 spiro atoms. The molecule has 100 valence electrons.